The van der Waals surface area contributed by atoms with E-state index in [1.54, 1.807) is 6.20 Å². The predicted octanol–water partition coefficient (Wildman–Crippen LogP) is 15.2. The van der Waals surface area contributed by atoms with Gasteiger partial charge in [-0.25, -0.2) is 28.1 Å². The number of pyridine rings is 1. The molecule has 1 aliphatic carbocycles. The number of halogens is 1. The highest BCUT2D eigenvalue weighted by Gasteiger charge is 2.20. The molecule has 22 heteroatoms. The highest BCUT2D eigenvalue weighted by molar-refractivity contribution is 6.30. The van der Waals surface area contributed by atoms with Crippen LogP contribution in [0, 0.1) is 13.8 Å². The van der Waals surface area contributed by atoms with E-state index in [-0.39, 0.29) is 6.15 Å². The zero-order chi connectivity index (χ0) is 64.4. The van der Waals surface area contributed by atoms with Crippen LogP contribution < -0.4 is 0 Å². The first-order valence-electron chi connectivity index (χ1n) is 30.1. The molecule has 0 amide bonds. The predicted molar refractivity (Wildman–Crippen MR) is 348 cm³/mol. The van der Waals surface area contributed by atoms with Crippen molar-refractivity contribution in [2.45, 2.75) is 165 Å². The van der Waals surface area contributed by atoms with E-state index < -0.39 is 0 Å². The van der Waals surface area contributed by atoms with Crippen LogP contribution in [0.5, 0.6) is 0 Å². The fourth-order valence-electron chi connectivity index (χ4n) is 8.46. The molecule has 7 heterocycles. The third-order valence-corrected chi connectivity index (χ3v) is 14.1. The van der Waals surface area contributed by atoms with Gasteiger partial charge in [-0.1, -0.05) is 164 Å². The van der Waals surface area contributed by atoms with Gasteiger partial charge in [0, 0.05) is 81.8 Å². The summed E-state index contributed by atoms with van der Waals surface area (Å²) in [5.41, 5.74) is 13.4. The Balaban J connectivity index is 0.000000169. The zero-order valence-corrected chi connectivity index (χ0v) is 54.4. The number of hydrogen-bond acceptors (Lipinski definition) is 15. The van der Waals surface area contributed by atoms with Gasteiger partial charge in [0.1, 0.15) is 28.5 Å². The van der Waals surface area contributed by atoms with Crippen molar-refractivity contribution in [2.24, 2.45) is 0 Å². The summed E-state index contributed by atoms with van der Waals surface area (Å²) < 4.78 is 11.2. The molecule has 0 saturated heterocycles. The molecule has 466 valence electrons. The number of benzene rings is 4. The number of nitrogens with zero attached hydrogens (tertiary/aromatic N) is 19. The second-order valence-electron chi connectivity index (χ2n) is 23.0. The monoisotopic (exact) mass is 1220 g/mol. The number of aryl methyl sites for hydroxylation is 2. The topological polar surface area (TPSA) is 231 Å². The Hall–Kier alpha value is -9.46. The van der Waals surface area contributed by atoms with E-state index in [0.29, 0.717) is 47.2 Å². The molecular weight excluding hydrogens is 1140 g/mol. The minimum absolute atomic E-state index is 0.250. The molecule has 0 spiro atoms. The molecule has 7 aromatic heterocycles. The van der Waals surface area contributed by atoms with Crippen molar-refractivity contribution in [3.8, 4) is 56.4 Å². The van der Waals surface area contributed by atoms with E-state index in [1.165, 1.54) is 42.5 Å². The first-order chi connectivity index (χ1) is 42.7. The van der Waals surface area contributed by atoms with Gasteiger partial charge in [0.25, 0.3) is 0 Å². The number of rotatable bonds is 12. The summed E-state index contributed by atoms with van der Waals surface area (Å²) in [6, 6.07) is 42.3. The standard InChI is InChI=1S/2C12H15N3.C11H12ClN3.C11H13N3.C10H12N4.C10H17N3.CO2/c2*1-9(2)15-8-12(13-14-15)11-6-4-10(3)5-7-11;1-8(2)15-7-11(13-14-15)9-4-3-5-10(12)6-9;1-9(2)14-8-11(12-13-14)10-6-4-3-5-7-10;1-8(2)14-7-10(12-13-14)9-5-3-4-6-11-9;1-8(2)13-7-10(11-12-13)9-5-3-4-6-9;2-1-3/h2*4-9H,1-3H3;3-8H,1-2H3;3-9H,1-2H3;3-8H,1-2H3;7-9H,3-6H2,1-2H3;. The van der Waals surface area contributed by atoms with Crippen LogP contribution in [-0.2, 0) is 9.59 Å². The molecule has 11 aromatic rings. The Bertz CT molecular complexity index is 3620. The summed E-state index contributed by atoms with van der Waals surface area (Å²) in [6.07, 6.45) is 19.2. The SMILES string of the molecule is CC(C)n1cc(-c2cccc(Cl)c2)nn1.CC(C)n1cc(-c2ccccc2)nn1.CC(C)n1cc(-c2ccccn2)nn1.CC(C)n1cc(C2CCCC2)nn1.Cc1ccc(-c2cn(C(C)C)nn2)cc1.Cc1ccc(-c2cn(C(C)C)nn2)cc1.O=C=O. The smallest absolute Gasteiger partial charge is 0.254 e. The maximum Gasteiger partial charge on any atom is 0.373 e. The molecule has 12 rings (SSSR count). The van der Waals surface area contributed by atoms with Gasteiger partial charge in [0.2, 0.25) is 0 Å². The molecule has 0 radical (unpaired) electrons. The van der Waals surface area contributed by atoms with Gasteiger partial charge in [-0.05, 0) is 134 Å². The van der Waals surface area contributed by atoms with Gasteiger partial charge in [0.05, 0.1) is 42.4 Å². The maximum absolute atomic E-state index is 8.12. The van der Waals surface area contributed by atoms with Crippen LogP contribution in [0.3, 0.4) is 0 Å². The maximum atomic E-state index is 8.12. The van der Waals surface area contributed by atoms with E-state index in [0.717, 1.165) is 56.4 Å². The second-order valence-corrected chi connectivity index (χ2v) is 23.4. The van der Waals surface area contributed by atoms with Crippen LogP contribution in [0.4, 0.5) is 0 Å². The fraction of sp³-hybridized carbons (Fsp3) is 0.373. The lowest BCUT2D eigenvalue weighted by molar-refractivity contribution is -0.191. The Morgan fingerprint density at radius 2 is 0.719 bits per heavy atom. The Labute approximate surface area is 527 Å². The van der Waals surface area contributed by atoms with Crippen LogP contribution >= 0.6 is 11.6 Å². The van der Waals surface area contributed by atoms with Crippen molar-refractivity contribution in [3.63, 3.8) is 0 Å². The van der Waals surface area contributed by atoms with Gasteiger partial charge in [-0.15, -0.1) is 30.6 Å². The molecule has 1 aliphatic rings. The molecule has 0 atom stereocenters. The van der Waals surface area contributed by atoms with Crippen LogP contribution in [-0.4, -0.2) is 101 Å². The average molecular weight is 1220 g/mol. The number of carbonyl (C=O) groups excluding carboxylic acids is 2. The van der Waals surface area contributed by atoms with Gasteiger partial charge in [0.15, 0.2) is 0 Å². The zero-order valence-electron chi connectivity index (χ0n) is 53.6. The molecule has 1 fully saturated rings. The summed E-state index contributed by atoms with van der Waals surface area (Å²) >= 11 is 5.91. The summed E-state index contributed by atoms with van der Waals surface area (Å²) in [5.74, 6) is 0.687. The van der Waals surface area contributed by atoms with Crippen LogP contribution in [0.2, 0.25) is 5.02 Å². The fourth-order valence-corrected chi connectivity index (χ4v) is 8.65. The van der Waals surface area contributed by atoms with E-state index in [2.05, 4.69) is 219 Å². The van der Waals surface area contributed by atoms with E-state index in [1.807, 2.05) is 132 Å². The van der Waals surface area contributed by atoms with Gasteiger partial charge in [-0.2, -0.15) is 9.59 Å². The van der Waals surface area contributed by atoms with Crippen molar-refractivity contribution in [3.05, 3.63) is 187 Å². The van der Waals surface area contributed by atoms with Crippen molar-refractivity contribution in [1.82, 2.24) is 94.9 Å². The highest BCUT2D eigenvalue weighted by Crippen LogP contribution is 2.33. The average Bonchev–Trinajstić information content (AvgIpc) is 4.25. The quantitative estimate of drug-likeness (QED) is 0.111. The van der Waals surface area contributed by atoms with Crippen LogP contribution in [0.1, 0.15) is 168 Å². The van der Waals surface area contributed by atoms with Crippen molar-refractivity contribution in [1.29, 1.82) is 0 Å². The molecular formula is C67H84ClN19O2. The molecule has 0 bridgehead atoms. The lowest BCUT2D eigenvalue weighted by Gasteiger charge is -2.03. The molecule has 89 heavy (non-hydrogen) atoms. The highest BCUT2D eigenvalue weighted by atomic mass is 35.5. The largest absolute Gasteiger partial charge is 0.373 e. The Kier molecular flexibility index (Phi) is 26.8. The molecule has 0 unspecified atom stereocenters. The van der Waals surface area contributed by atoms with Crippen molar-refractivity contribution in [2.75, 3.05) is 0 Å². The van der Waals surface area contributed by atoms with Gasteiger partial charge in [-0.3, -0.25) is 4.98 Å². The van der Waals surface area contributed by atoms with E-state index >= 15 is 0 Å². The van der Waals surface area contributed by atoms with E-state index in [9.17, 15) is 0 Å². The third kappa shape index (κ3) is 21.7. The summed E-state index contributed by atoms with van der Waals surface area (Å²) in [5, 5.41) is 49.9. The lowest BCUT2D eigenvalue weighted by Crippen LogP contribution is -2.00. The van der Waals surface area contributed by atoms with Crippen LogP contribution in [0.25, 0.3) is 56.4 Å². The molecule has 4 aromatic carbocycles. The van der Waals surface area contributed by atoms with Crippen LogP contribution in [0.15, 0.2) is 165 Å². The van der Waals surface area contributed by atoms with Crippen molar-refractivity contribution >= 4 is 17.8 Å². The normalized spacial score (nSPS) is 11.7. The lowest BCUT2D eigenvalue weighted by atomic mass is 10.1. The molecule has 1 saturated carbocycles. The summed E-state index contributed by atoms with van der Waals surface area (Å²) in [7, 11) is 0. The van der Waals surface area contributed by atoms with E-state index in [4.69, 9.17) is 21.2 Å². The molecule has 21 nitrogen and oxygen atoms in total. The summed E-state index contributed by atoms with van der Waals surface area (Å²) in [4.78, 5) is 20.5. The Morgan fingerprint density at radius 3 is 1.08 bits per heavy atom. The first-order valence-corrected chi connectivity index (χ1v) is 30.5. The Morgan fingerprint density at radius 1 is 0.382 bits per heavy atom. The number of hydrogen-bond donors (Lipinski definition) is 0. The molecule has 0 aliphatic heterocycles. The second kappa shape index (κ2) is 34.8. The van der Waals surface area contributed by atoms with Gasteiger partial charge >= 0.3 is 6.15 Å². The first kappa shape index (κ1) is 68.7. The number of aromatic nitrogens is 19. The summed E-state index contributed by atoms with van der Waals surface area (Å²) in [6.45, 7) is 29.2. The van der Waals surface area contributed by atoms with Crippen molar-refractivity contribution < 1.29 is 9.59 Å². The third-order valence-electron chi connectivity index (χ3n) is 13.8. The molecule has 0 N–H and O–H groups in total. The van der Waals surface area contributed by atoms with Gasteiger partial charge < -0.3 is 0 Å². The minimum atomic E-state index is 0.250. The minimum Gasteiger partial charge on any atom is -0.254 e.